The average Bonchev–Trinajstić information content (AvgIpc) is 2.57. The van der Waals surface area contributed by atoms with Crippen LogP contribution in [0.2, 0.25) is 0 Å². The van der Waals surface area contributed by atoms with Gasteiger partial charge in [-0.15, -0.1) is 0 Å². The molecule has 1 aliphatic heterocycles. The number of imide groups is 1. The quantitative estimate of drug-likeness (QED) is 0.784. The third-order valence-electron chi connectivity index (χ3n) is 2.36. The van der Waals surface area contributed by atoms with E-state index in [1.807, 2.05) is 24.3 Å². The van der Waals surface area contributed by atoms with E-state index in [9.17, 15) is 9.59 Å². The molecule has 1 aromatic rings. The number of amides is 2. The van der Waals surface area contributed by atoms with Crippen molar-refractivity contribution in [2.45, 2.75) is 6.92 Å². The zero-order valence-electron chi connectivity index (χ0n) is 9.14. The van der Waals surface area contributed by atoms with Crippen molar-refractivity contribution in [2.24, 2.45) is 0 Å². The summed E-state index contributed by atoms with van der Waals surface area (Å²) in [6.45, 7) is 2.21. The number of benzene rings is 1. The van der Waals surface area contributed by atoms with E-state index in [0.717, 1.165) is 21.8 Å². The molecule has 0 bridgehead atoms. The molecule has 0 aromatic heterocycles. The molecule has 17 heavy (non-hydrogen) atoms. The second-order valence-electron chi connectivity index (χ2n) is 3.48. The van der Waals surface area contributed by atoms with Crippen LogP contribution < -0.4 is 0 Å². The summed E-state index contributed by atoms with van der Waals surface area (Å²) in [5.41, 5.74) is 0.912. The fourth-order valence-electron chi connectivity index (χ4n) is 1.48. The molecule has 0 aliphatic carbocycles. The van der Waals surface area contributed by atoms with Gasteiger partial charge >= 0.3 is 0 Å². The SMILES string of the molecule is CCN1C(=O)SC(=Cc2ccc(Br)cc2)C1=O. The van der Waals surface area contributed by atoms with E-state index in [4.69, 9.17) is 0 Å². The van der Waals surface area contributed by atoms with Gasteiger partial charge in [0.1, 0.15) is 0 Å². The smallest absolute Gasteiger partial charge is 0.269 e. The van der Waals surface area contributed by atoms with Crippen LogP contribution in [-0.4, -0.2) is 22.6 Å². The van der Waals surface area contributed by atoms with Crippen molar-refractivity contribution in [3.05, 3.63) is 39.2 Å². The summed E-state index contributed by atoms with van der Waals surface area (Å²) in [5.74, 6) is -0.203. The molecule has 2 rings (SSSR count). The summed E-state index contributed by atoms with van der Waals surface area (Å²) in [6.07, 6.45) is 1.74. The van der Waals surface area contributed by atoms with Crippen LogP contribution in [0.4, 0.5) is 4.79 Å². The highest BCUT2D eigenvalue weighted by molar-refractivity contribution is 9.10. The van der Waals surface area contributed by atoms with E-state index in [-0.39, 0.29) is 11.1 Å². The van der Waals surface area contributed by atoms with Gasteiger partial charge in [-0.2, -0.15) is 0 Å². The molecule has 0 unspecified atom stereocenters. The summed E-state index contributed by atoms with van der Waals surface area (Å²) < 4.78 is 0.983. The highest BCUT2D eigenvalue weighted by atomic mass is 79.9. The normalized spacial score (nSPS) is 18.2. The van der Waals surface area contributed by atoms with Crippen molar-refractivity contribution in [3.63, 3.8) is 0 Å². The van der Waals surface area contributed by atoms with E-state index in [1.54, 1.807) is 13.0 Å². The Labute approximate surface area is 112 Å². The predicted octanol–water partition coefficient (Wildman–Crippen LogP) is 3.51. The van der Waals surface area contributed by atoms with Crippen LogP contribution >= 0.6 is 27.7 Å². The molecular weight excluding hydrogens is 302 g/mol. The Hall–Kier alpha value is -1.07. The molecule has 1 aromatic carbocycles. The Morgan fingerprint density at radius 1 is 1.29 bits per heavy atom. The maximum absolute atomic E-state index is 11.8. The first-order chi connectivity index (χ1) is 8.11. The summed E-state index contributed by atoms with van der Waals surface area (Å²) >= 11 is 4.34. The Morgan fingerprint density at radius 2 is 1.94 bits per heavy atom. The molecule has 5 heteroatoms. The van der Waals surface area contributed by atoms with Crippen molar-refractivity contribution in [3.8, 4) is 0 Å². The molecule has 0 atom stereocenters. The lowest BCUT2D eigenvalue weighted by molar-refractivity contribution is -0.122. The van der Waals surface area contributed by atoms with Crippen LogP contribution in [0.15, 0.2) is 33.6 Å². The number of halogens is 1. The molecule has 0 saturated carbocycles. The number of likely N-dealkylation sites (N-methyl/N-ethyl adjacent to an activating group) is 1. The van der Waals surface area contributed by atoms with Gasteiger partial charge in [-0.1, -0.05) is 28.1 Å². The number of hydrogen-bond donors (Lipinski definition) is 0. The van der Waals surface area contributed by atoms with E-state index in [2.05, 4.69) is 15.9 Å². The largest absolute Gasteiger partial charge is 0.293 e. The number of carbonyl (C=O) groups excluding carboxylic acids is 2. The molecule has 0 N–H and O–H groups in total. The average molecular weight is 312 g/mol. The Kier molecular flexibility index (Phi) is 3.69. The van der Waals surface area contributed by atoms with Gasteiger partial charge in [0.25, 0.3) is 11.1 Å². The minimum Gasteiger partial charge on any atom is -0.269 e. The number of hydrogen-bond acceptors (Lipinski definition) is 3. The second kappa shape index (κ2) is 5.06. The fraction of sp³-hybridized carbons (Fsp3) is 0.167. The lowest BCUT2D eigenvalue weighted by Gasteiger charge is -2.06. The Morgan fingerprint density at radius 3 is 2.47 bits per heavy atom. The van der Waals surface area contributed by atoms with Crippen molar-refractivity contribution < 1.29 is 9.59 Å². The van der Waals surface area contributed by atoms with Crippen molar-refractivity contribution >= 4 is 44.9 Å². The van der Waals surface area contributed by atoms with Crippen LogP contribution in [0.3, 0.4) is 0 Å². The van der Waals surface area contributed by atoms with Gasteiger partial charge < -0.3 is 0 Å². The molecule has 1 saturated heterocycles. The maximum atomic E-state index is 11.8. The number of nitrogens with zero attached hydrogens (tertiary/aromatic N) is 1. The van der Waals surface area contributed by atoms with Gasteiger partial charge in [-0.3, -0.25) is 14.5 Å². The number of thioether (sulfide) groups is 1. The predicted molar refractivity (Wildman–Crippen MR) is 72.5 cm³/mol. The first-order valence-electron chi connectivity index (χ1n) is 5.12. The van der Waals surface area contributed by atoms with Gasteiger partial charge in [0, 0.05) is 11.0 Å². The van der Waals surface area contributed by atoms with Crippen LogP contribution in [0.1, 0.15) is 12.5 Å². The van der Waals surface area contributed by atoms with Crippen LogP contribution in [0.25, 0.3) is 6.08 Å². The second-order valence-corrected chi connectivity index (χ2v) is 5.39. The molecular formula is C12H10BrNO2S. The topological polar surface area (TPSA) is 37.4 Å². The molecule has 0 radical (unpaired) electrons. The van der Waals surface area contributed by atoms with Crippen molar-refractivity contribution in [1.29, 1.82) is 0 Å². The van der Waals surface area contributed by atoms with Crippen LogP contribution in [0, 0.1) is 0 Å². The summed E-state index contributed by atoms with van der Waals surface area (Å²) in [7, 11) is 0. The maximum Gasteiger partial charge on any atom is 0.293 e. The highest BCUT2D eigenvalue weighted by Crippen LogP contribution is 2.31. The van der Waals surface area contributed by atoms with E-state index < -0.39 is 0 Å². The number of carbonyl (C=O) groups is 2. The summed E-state index contributed by atoms with van der Waals surface area (Å²) in [4.78, 5) is 25.0. The minimum absolute atomic E-state index is 0.194. The molecule has 2 amide bonds. The molecule has 1 heterocycles. The lowest BCUT2D eigenvalue weighted by Crippen LogP contribution is -2.27. The monoisotopic (exact) mass is 311 g/mol. The van der Waals surface area contributed by atoms with Gasteiger partial charge in [0.05, 0.1) is 4.91 Å². The lowest BCUT2D eigenvalue weighted by atomic mass is 10.2. The Balaban J connectivity index is 2.27. The highest BCUT2D eigenvalue weighted by Gasteiger charge is 2.33. The fourth-order valence-corrected chi connectivity index (χ4v) is 2.65. The standard InChI is InChI=1S/C12H10BrNO2S/c1-2-14-11(15)10(17-12(14)16)7-8-3-5-9(13)6-4-8/h3-7H,2H2,1H3. The molecule has 1 aliphatic rings. The summed E-state index contributed by atoms with van der Waals surface area (Å²) in [5, 5.41) is -0.194. The zero-order valence-corrected chi connectivity index (χ0v) is 11.5. The van der Waals surface area contributed by atoms with Crippen molar-refractivity contribution in [2.75, 3.05) is 6.54 Å². The van der Waals surface area contributed by atoms with Gasteiger partial charge in [0.2, 0.25) is 0 Å². The van der Waals surface area contributed by atoms with Crippen LogP contribution in [-0.2, 0) is 4.79 Å². The van der Waals surface area contributed by atoms with E-state index in [0.29, 0.717) is 11.4 Å². The third-order valence-corrected chi connectivity index (χ3v) is 3.79. The van der Waals surface area contributed by atoms with Crippen molar-refractivity contribution in [1.82, 2.24) is 4.90 Å². The summed E-state index contributed by atoms with van der Waals surface area (Å²) in [6, 6.07) is 7.58. The van der Waals surface area contributed by atoms with E-state index >= 15 is 0 Å². The van der Waals surface area contributed by atoms with E-state index in [1.165, 1.54) is 4.90 Å². The molecule has 0 spiro atoms. The molecule has 1 fully saturated rings. The molecule has 3 nitrogen and oxygen atoms in total. The molecule has 88 valence electrons. The van der Waals surface area contributed by atoms with Gasteiger partial charge in [-0.05, 0) is 42.5 Å². The van der Waals surface area contributed by atoms with Crippen LogP contribution in [0.5, 0.6) is 0 Å². The first kappa shape index (κ1) is 12.4. The first-order valence-corrected chi connectivity index (χ1v) is 6.73. The Bertz CT molecular complexity index is 496. The zero-order chi connectivity index (χ0) is 12.4. The number of rotatable bonds is 2. The minimum atomic E-state index is -0.203. The third kappa shape index (κ3) is 2.61. The van der Waals surface area contributed by atoms with Gasteiger partial charge in [-0.25, -0.2) is 0 Å². The van der Waals surface area contributed by atoms with Gasteiger partial charge in [0.15, 0.2) is 0 Å².